The van der Waals surface area contributed by atoms with Gasteiger partial charge in [-0.1, -0.05) is 35.9 Å². The van der Waals surface area contributed by atoms with Gasteiger partial charge in [0.15, 0.2) is 0 Å². The maximum Gasteiger partial charge on any atom is 0.259 e. The highest BCUT2D eigenvalue weighted by Crippen LogP contribution is 2.19. The fourth-order valence-electron chi connectivity index (χ4n) is 2.57. The van der Waals surface area contributed by atoms with Crippen molar-refractivity contribution < 1.29 is 9.59 Å². The Bertz CT molecular complexity index is 994. The molecule has 0 fully saturated rings. The van der Waals surface area contributed by atoms with Gasteiger partial charge >= 0.3 is 0 Å². The van der Waals surface area contributed by atoms with Gasteiger partial charge in [0.05, 0.1) is 12.8 Å². The zero-order chi connectivity index (χ0) is 18.5. The standard InChI is InChI=1S/C19H17ClN4O2/c1-12-16(15-7-2-3-8-17(15)23-12)10-22-24-18(25)11-21-19(26)13-5-4-6-14(20)9-13/h2-10,23H,11H2,1H3,(H,21,26)(H,24,25). The summed E-state index contributed by atoms with van der Waals surface area (Å²) in [4.78, 5) is 27.1. The molecule has 2 amide bonds. The quantitative estimate of drug-likeness (QED) is 0.477. The molecule has 3 N–H and O–H groups in total. The van der Waals surface area contributed by atoms with Crippen LogP contribution in [0.25, 0.3) is 10.9 Å². The lowest BCUT2D eigenvalue weighted by Crippen LogP contribution is -2.34. The molecule has 0 unspecified atom stereocenters. The average Bonchev–Trinajstić information content (AvgIpc) is 2.95. The number of nitrogens with one attached hydrogen (secondary N) is 3. The Morgan fingerprint density at radius 1 is 1.19 bits per heavy atom. The van der Waals surface area contributed by atoms with Gasteiger partial charge in [-0.2, -0.15) is 5.10 Å². The van der Waals surface area contributed by atoms with Crippen LogP contribution >= 0.6 is 11.6 Å². The molecule has 7 heteroatoms. The summed E-state index contributed by atoms with van der Waals surface area (Å²) in [6, 6.07) is 14.3. The molecule has 6 nitrogen and oxygen atoms in total. The summed E-state index contributed by atoms with van der Waals surface area (Å²) < 4.78 is 0. The predicted octanol–water partition coefficient (Wildman–Crippen LogP) is 3.01. The summed E-state index contributed by atoms with van der Waals surface area (Å²) >= 11 is 5.84. The predicted molar refractivity (Wildman–Crippen MR) is 103 cm³/mol. The first-order valence-corrected chi connectivity index (χ1v) is 8.35. The molecule has 0 saturated carbocycles. The number of carbonyl (C=O) groups is 2. The van der Waals surface area contributed by atoms with Crippen LogP contribution in [-0.4, -0.2) is 29.6 Å². The first kappa shape index (κ1) is 17.7. The SMILES string of the molecule is Cc1[nH]c2ccccc2c1C=NNC(=O)CNC(=O)c1cccc(Cl)c1. The smallest absolute Gasteiger partial charge is 0.259 e. The van der Waals surface area contributed by atoms with Crippen LogP contribution in [0.2, 0.25) is 5.02 Å². The van der Waals surface area contributed by atoms with Gasteiger partial charge in [-0.3, -0.25) is 9.59 Å². The lowest BCUT2D eigenvalue weighted by molar-refractivity contribution is -0.120. The number of fused-ring (bicyclic) bond motifs is 1. The molecule has 0 aliphatic heterocycles. The summed E-state index contributed by atoms with van der Waals surface area (Å²) in [5, 5.41) is 7.98. The van der Waals surface area contributed by atoms with Crippen molar-refractivity contribution in [1.29, 1.82) is 0 Å². The molecule has 2 aromatic carbocycles. The van der Waals surface area contributed by atoms with Crippen molar-refractivity contribution >= 4 is 40.5 Å². The van der Waals surface area contributed by atoms with Crippen LogP contribution in [0.3, 0.4) is 0 Å². The molecular weight excluding hydrogens is 352 g/mol. The van der Waals surface area contributed by atoms with Crippen molar-refractivity contribution in [3.63, 3.8) is 0 Å². The van der Waals surface area contributed by atoms with E-state index >= 15 is 0 Å². The second-order valence-corrected chi connectivity index (χ2v) is 6.13. The van der Waals surface area contributed by atoms with Crippen LogP contribution in [-0.2, 0) is 4.79 Å². The summed E-state index contributed by atoms with van der Waals surface area (Å²) in [7, 11) is 0. The molecule has 0 saturated heterocycles. The van der Waals surface area contributed by atoms with Crippen molar-refractivity contribution in [2.24, 2.45) is 5.10 Å². The molecule has 0 atom stereocenters. The molecule has 3 aromatic rings. The van der Waals surface area contributed by atoms with Crippen molar-refractivity contribution in [2.45, 2.75) is 6.92 Å². The van der Waals surface area contributed by atoms with Gasteiger partial charge in [0, 0.05) is 32.7 Å². The molecule has 1 aromatic heterocycles. The highest BCUT2D eigenvalue weighted by molar-refractivity contribution is 6.31. The van der Waals surface area contributed by atoms with Gasteiger partial charge < -0.3 is 10.3 Å². The third-order valence-electron chi connectivity index (χ3n) is 3.82. The van der Waals surface area contributed by atoms with E-state index in [2.05, 4.69) is 20.8 Å². The fourth-order valence-corrected chi connectivity index (χ4v) is 2.76. The molecule has 0 radical (unpaired) electrons. The first-order chi connectivity index (χ1) is 12.5. The van der Waals surface area contributed by atoms with E-state index in [0.29, 0.717) is 10.6 Å². The van der Waals surface area contributed by atoms with Crippen LogP contribution in [0, 0.1) is 6.92 Å². The van der Waals surface area contributed by atoms with Crippen molar-refractivity contribution in [1.82, 2.24) is 15.7 Å². The van der Waals surface area contributed by atoms with E-state index in [9.17, 15) is 9.59 Å². The number of carbonyl (C=O) groups excluding carboxylic acids is 2. The lowest BCUT2D eigenvalue weighted by atomic mass is 10.1. The number of rotatable bonds is 5. The summed E-state index contributed by atoms with van der Waals surface area (Å²) in [6.07, 6.45) is 1.59. The number of hydrogen-bond acceptors (Lipinski definition) is 3. The number of para-hydroxylation sites is 1. The number of hydrogen-bond donors (Lipinski definition) is 3. The Labute approximate surface area is 155 Å². The number of amides is 2. The van der Waals surface area contributed by atoms with E-state index in [0.717, 1.165) is 22.2 Å². The van der Waals surface area contributed by atoms with E-state index in [1.807, 2.05) is 31.2 Å². The highest BCUT2D eigenvalue weighted by atomic mass is 35.5. The van der Waals surface area contributed by atoms with E-state index in [4.69, 9.17) is 11.6 Å². The fraction of sp³-hybridized carbons (Fsp3) is 0.105. The van der Waals surface area contributed by atoms with Gasteiger partial charge in [-0.15, -0.1) is 0 Å². The molecule has 0 spiro atoms. The van der Waals surface area contributed by atoms with Crippen molar-refractivity contribution in [3.05, 3.63) is 70.4 Å². The Kier molecular flexibility index (Phi) is 5.34. The Hall–Kier alpha value is -3.12. The molecule has 3 rings (SSSR count). The number of aromatic amines is 1. The number of nitrogens with zero attached hydrogens (tertiary/aromatic N) is 1. The topological polar surface area (TPSA) is 86.3 Å². The third kappa shape index (κ3) is 4.10. The van der Waals surface area contributed by atoms with Gasteiger partial charge in [0.1, 0.15) is 0 Å². The van der Waals surface area contributed by atoms with E-state index in [-0.39, 0.29) is 12.5 Å². The second kappa shape index (κ2) is 7.84. The molecular formula is C19H17ClN4O2. The zero-order valence-electron chi connectivity index (χ0n) is 14.0. The minimum Gasteiger partial charge on any atom is -0.358 e. The van der Waals surface area contributed by atoms with Crippen LogP contribution in [0.4, 0.5) is 0 Å². The maximum atomic E-state index is 12.0. The number of aromatic nitrogens is 1. The second-order valence-electron chi connectivity index (χ2n) is 5.70. The molecule has 0 bridgehead atoms. The monoisotopic (exact) mass is 368 g/mol. The zero-order valence-corrected chi connectivity index (χ0v) is 14.8. The van der Waals surface area contributed by atoms with E-state index in [1.165, 1.54) is 6.07 Å². The Morgan fingerprint density at radius 2 is 2.00 bits per heavy atom. The number of halogens is 1. The molecule has 132 valence electrons. The molecule has 0 aliphatic carbocycles. The summed E-state index contributed by atoms with van der Waals surface area (Å²) in [5.74, 6) is -0.798. The van der Waals surface area contributed by atoms with E-state index < -0.39 is 5.91 Å². The average molecular weight is 369 g/mol. The minimum atomic E-state index is -0.422. The third-order valence-corrected chi connectivity index (χ3v) is 4.06. The molecule has 0 aliphatic rings. The first-order valence-electron chi connectivity index (χ1n) is 7.97. The van der Waals surface area contributed by atoms with Crippen molar-refractivity contribution in [2.75, 3.05) is 6.54 Å². The Balaban J connectivity index is 1.56. The van der Waals surface area contributed by atoms with E-state index in [1.54, 1.807) is 24.4 Å². The van der Waals surface area contributed by atoms with Crippen molar-refractivity contribution in [3.8, 4) is 0 Å². The lowest BCUT2D eigenvalue weighted by Gasteiger charge is -2.04. The minimum absolute atomic E-state index is 0.185. The number of hydrazone groups is 1. The summed E-state index contributed by atoms with van der Waals surface area (Å²) in [6.45, 7) is 1.75. The Morgan fingerprint density at radius 3 is 2.81 bits per heavy atom. The maximum absolute atomic E-state index is 12.0. The normalized spacial score (nSPS) is 11.0. The van der Waals surface area contributed by atoms with Gasteiger partial charge in [-0.05, 0) is 31.2 Å². The number of benzene rings is 2. The van der Waals surface area contributed by atoms with Gasteiger partial charge in [0.2, 0.25) is 0 Å². The number of aryl methyl sites for hydroxylation is 1. The summed E-state index contributed by atoms with van der Waals surface area (Å²) in [5.41, 5.74) is 5.67. The highest BCUT2D eigenvalue weighted by Gasteiger charge is 2.08. The van der Waals surface area contributed by atoms with Crippen LogP contribution in [0.1, 0.15) is 21.6 Å². The molecule has 26 heavy (non-hydrogen) atoms. The van der Waals surface area contributed by atoms with Gasteiger partial charge in [-0.25, -0.2) is 5.43 Å². The number of H-pyrrole nitrogens is 1. The van der Waals surface area contributed by atoms with Crippen LogP contribution in [0.15, 0.2) is 53.6 Å². The van der Waals surface area contributed by atoms with Crippen LogP contribution in [0.5, 0.6) is 0 Å². The van der Waals surface area contributed by atoms with Crippen LogP contribution < -0.4 is 10.7 Å². The molecule has 1 heterocycles. The largest absolute Gasteiger partial charge is 0.358 e. The van der Waals surface area contributed by atoms with Gasteiger partial charge in [0.25, 0.3) is 11.8 Å².